The van der Waals surface area contributed by atoms with E-state index >= 15 is 0 Å². The van der Waals surface area contributed by atoms with Gasteiger partial charge in [-0.15, -0.1) is 0 Å². The Morgan fingerprint density at radius 1 is 1.43 bits per heavy atom. The minimum Gasteiger partial charge on any atom is -0.480 e. The van der Waals surface area contributed by atoms with Crippen LogP contribution in [0, 0.1) is 13.8 Å². The van der Waals surface area contributed by atoms with Crippen molar-refractivity contribution in [1.29, 1.82) is 0 Å². The molecule has 110 valence electrons. The highest BCUT2D eigenvalue weighted by molar-refractivity contribution is 6.01. The number of carbonyl (C=O) groups is 2. The summed E-state index contributed by atoms with van der Waals surface area (Å²) in [6, 6.07) is 1.90. The van der Waals surface area contributed by atoms with Gasteiger partial charge in [0.2, 0.25) is 0 Å². The van der Waals surface area contributed by atoms with E-state index in [0.29, 0.717) is 11.2 Å². The van der Waals surface area contributed by atoms with Crippen LogP contribution < -0.4 is 0 Å². The first-order valence-corrected chi connectivity index (χ1v) is 6.82. The van der Waals surface area contributed by atoms with Gasteiger partial charge in [0.15, 0.2) is 5.65 Å². The van der Waals surface area contributed by atoms with Crippen molar-refractivity contribution in [2.45, 2.75) is 32.7 Å². The number of hydrogen-bond donors (Lipinski definition) is 1. The van der Waals surface area contributed by atoms with Gasteiger partial charge < -0.3 is 10.0 Å². The monoisotopic (exact) mass is 288 g/mol. The molecule has 0 unspecified atom stereocenters. The number of fused-ring (bicyclic) bond motifs is 1. The molecule has 7 nitrogen and oxygen atoms in total. The smallest absolute Gasteiger partial charge is 0.323 e. The summed E-state index contributed by atoms with van der Waals surface area (Å²) in [5.41, 5.74) is 2.52. The molecule has 3 rings (SSSR count). The van der Waals surface area contributed by atoms with E-state index in [-0.39, 0.29) is 18.5 Å². The van der Waals surface area contributed by atoms with Gasteiger partial charge in [-0.05, 0) is 32.8 Å². The number of nitrogens with zero attached hydrogens (tertiary/aromatic N) is 4. The third kappa shape index (κ3) is 2.46. The van der Waals surface area contributed by atoms with Gasteiger partial charge in [0.05, 0.1) is 6.20 Å². The summed E-state index contributed by atoms with van der Waals surface area (Å²) in [4.78, 5) is 29.4. The lowest BCUT2D eigenvalue weighted by Gasteiger charge is -2.19. The van der Waals surface area contributed by atoms with Gasteiger partial charge in [-0.1, -0.05) is 0 Å². The molecule has 21 heavy (non-hydrogen) atoms. The average Bonchev–Trinajstić information content (AvgIpc) is 3.15. The molecule has 1 saturated carbocycles. The summed E-state index contributed by atoms with van der Waals surface area (Å²) in [6.45, 7) is 3.45. The van der Waals surface area contributed by atoms with Crippen molar-refractivity contribution in [1.82, 2.24) is 19.5 Å². The summed E-state index contributed by atoms with van der Waals surface area (Å²) in [7, 11) is 0. The third-order valence-electron chi connectivity index (χ3n) is 3.56. The Labute approximate surface area is 121 Å². The number of aliphatic carboxylic acids is 1. The quantitative estimate of drug-likeness (QED) is 0.908. The maximum atomic E-state index is 12.6. The first kappa shape index (κ1) is 13.5. The van der Waals surface area contributed by atoms with Crippen molar-refractivity contribution in [3.05, 3.63) is 29.2 Å². The summed E-state index contributed by atoms with van der Waals surface area (Å²) >= 11 is 0. The molecule has 7 heteroatoms. The number of carbonyl (C=O) groups excluding carboxylic acids is 1. The molecule has 0 atom stereocenters. The van der Waals surface area contributed by atoms with E-state index in [4.69, 9.17) is 5.11 Å². The largest absolute Gasteiger partial charge is 0.480 e. The Hall–Kier alpha value is -2.44. The Bertz CT molecular complexity index is 733. The maximum Gasteiger partial charge on any atom is 0.323 e. The number of amides is 1. The number of aromatic nitrogens is 3. The van der Waals surface area contributed by atoms with Gasteiger partial charge in [-0.2, -0.15) is 5.10 Å². The second-order valence-electron chi connectivity index (χ2n) is 5.39. The van der Waals surface area contributed by atoms with Crippen molar-refractivity contribution in [2.24, 2.45) is 0 Å². The van der Waals surface area contributed by atoms with Gasteiger partial charge in [0.1, 0.15) is 12.1 Å². The van der Waals surface area contributed by atoms with Crippen molar-refractivity contribution < 1.29 is 14.7 Å². The lowest BCUT2D eigenvalue weighted by molar-refractivity contribution is -0.137. The zero-order chi connectivity index (χ0) is 15.1. The second-order valence-corrected chi connectivity index (χ2v) is 5.39. The molecule has 1 N–H and O–H groups in total. The molecule has 1 aliphatic carbocycles. The highest BCUT2D eigenvalue weighted by Crippen LogP contribution is 2.28. The van der Waals surface area contributed by atoms with Crippen LogP contribution in [0.4, 0.5) is 0 Å². The molecule has 0 bridgehead atoms. The van der Waals surface area contributed by atoms with Crippen molar-refractivity contribution in [3.8, 4) is 0 Å². The number of aryl methyl sites for hydroxylation is 2. The fourth-order valence-electron chi connectivity index (χ4n) is 2.47. The van der Waals surface area contributed by atoms with E-state index < -0.39 is 5.97 Å². The molecule has 1 aliphatic rings. The van der Waals surface area contributed by atoms with Crippen LogP contribution in [0.1, 0.15) is 34.6 Å². The molecule has 1 amide bonds. The highest BCUT2D eigenvalue weighted by atomic mass is 16.4. The van der Waals surface area contributed by atoms with E-state index in [1.54, 1.807) is 4.52 Å². The predicted molar refractivity (Wildman–Crippen MR) is 74.2 cm³/mol. The normalized spacial score (nSPS) is 14.4. The number of carboxylic acid groups (broad SMARTS) is 1. The standard InChI is InChI=1S/C14H16N4O3/c1-8-5-9(2)18-13(16-8)11(6-15-18)14(21)17(7-12(19)20)10-3-4-10/h5-6,10H,3-4,7H2,1-2H3,(H,19,20). The van der Waals surface area contributed by atoms with E-state index in [1.165, 1.54) is 11.1 Å². The van der Waals surface area contributed by atoms with Crippen LogP contribution in [0.2, 0.25) is 0 Å². The fourth-order valence-corrected chi connectivity index (χ4v) is 2.47. The zero-order valence-electron chi connectivity index (χ0n) is 11.9. The third-order valence-corrected chi connectivity index (χ3v) is 3.56. The molecule has 0 aliphatic heterocycles. The zero-order valence-corrected chi connectivity index (χ0v) is 11.9. The van der Waals surface area contributed by atoms with Crippen LogP contribution in [0.15, 0.2) is 12.3 Å². The first-order valence-electron chi connectivity index (χ1n) is 6.82. The van der Waals surface area contributed by atoms with E-state index in [1.807, 2.05) is 19.9 Å². The summed E-state index contributed by atoms with van der Waals surface area (Å²) in [6.07, 6.45) is 3.17. The van der Waals surface area contributed by atoms with Gasteiger partial charge in [0, 0.05) is 17.4 Å². The molecule has 0 saturated heterocycles. The van der Waals surface area contributed by atoms with Crippen LogP contribution in [0.5, 0.6) is 0 Å². The Balaban J connectivity index is 2.02. The van der Waals surface area contributed by atoms with Crippen molar-refractivity contribution in [3.63, 3.8) is 0 Å². The fraction of sp³-hybridized carbons (Fsp3) is 0.429. The molecular weight excluding hydrogens is 272 g/mol. The predicted octanol–water partition coefficient (Wildman–Crippen LogP) is 1.04. The van der Waals surface area contributed by atoms with Gasteiger partial charge in [0.25, 0.3) is 5.91 Å². The molecule has 2 aromatic rings. The van der Waals surface area contributed by atoms with Crippen molar-refractivity contribution >= 4 is 17.5 Å². The van der Waals surface area contributed by atoms with Crippen LogP contribution in [0.25, 0.3) is 5.65 Å². The summed E-state index contributed by atoms with van der Waals surface area (Å²) < 4.78 is 1.60. The number of rotatable bonds is 4. The van der Waals surface area contributed by atoms with E-state index in [2.05, 4.69) is 10.1 Å². The lowest BCUT2D eigenvalue weighted by Crippen LogP contribution is -2.37. The minimum atomic E-state index is -1.01. The van der Waals surface area contributed by atoms with Crippen molar-refractivity contribution in [2.75, 3.05) is 6.54 Å². The SMILES string of the molecule is Cc1cc(C)n2ncc(C(=O)N(CC(=O)O)C3CC3)c2n1. The van der Waals surface area contributed by atoms with Crippen LogP contribution in [0.3, 0.4) is 0 Å². The number of carboxylic acids is 1. The molecule has 0 spiro atoms. The van der Waals surface area contributed by atoms with Gasteiger partial charge >= 0.3 is 5.97 Å². The molecule has 2 aromatic heterocycles. The Morgan fingerprint density at radius 3 is 2.76 bits per heavy atom. The van der Waals surface area contributed by atoms with Crippen LogP contribution in [-0.4, -0.2) is 49.1 Å². The molecule has 2 heterocycles. The van der Waals surface area contributed by atoms with Crippen LogP contribution >= 0.6 is 0 Å². The second kappa shape index (κ2) is 4.83. The van der Waals surface area contributed by atoms with Crippen LogP contribution in [-0.2, 0) is 4.79 Å². The van der Waals surface area contributed by atoms with E-state index in [9.17, 15) is 9.59 Å². The Morgan fingerprint density at radius 2 is 2.14 bits per heavy atom. The Kier molecular flexibility index (Phi) is 3.12. The average molecular weight is 288 g/mol. The van der Waals surface area contributed by atoms with Gasteiger partial charge in [-0.25, -0.2) is 9.50 Å². The summed E-state index contributed by atoms with van der Waals surface area (Å²) in [5, 5.41) is 13.2. The minimum absolute atomic E-state index is 0.0226. The van der Waals surface area contributed by atoms with Gasteiger partial charge in [-0.3, -0.25) is 9.59 Å². The number of hydrogen-bond acceptors (Lipinski definition) is 4. The topological polar surface area (TPSA) is 87.8 Å². The van der Waals surface area contributed by atoms with E-state index in [0.717, 1.165) is 24.2 Å². The lowest BCUT2D eigenvalue weighted by atomic mass is 10.2. The molecule has 1 fully saturated rings. The maximum absolute atomic E-state index is 12.6. The highest BCUT2D eigenvalue weighted by Gasteiger charge is 2.35. The summed E-state index contributed by atoms with van der Waals surface area (Å²) in [5.74, 6) is -1.32. The molecular formula is C14H16N4O3. The molecule has 0 aromatic carbocycles. The first-order chi connectivity index (χ1) is 9.97. The molecule has 0 radical (unpaired) electrons.